The van der Waals surface area contributed by atoms with Crippen molar-refractivity contribution in [3.8, 4) is 17.5 Å². The number of aromatic nitrogens is 3. The van der Waals surface area contributed by atoms with Gasteiger partial charge >= 0.3 is 0 Å². The summed E-state index contributed by atoms with van der Waals surface area (Å²) >= 11 is 0. The van der Waals surface area contributed by atoms with Gasteiger partial charge in [-0.25, -0.2) is 4.98 Å². The van der Waals surface area contributed by atoms with E-state index in [0.29, 0.717) is 34.3 Å². The Morgan fingerprint density at radius 3 is 2.50 bits per heavy atom. The third-order valence-electron chi connectivity index (χ3n) is 4.42. The summed E-state index contributed by atoms with van der Waals surface area (Å²) in [5.74, 6) is 6.76. The number of H-pyrrole nitrogens is 1. The standard InChI is InChI=1S/C23H17N3O2/c1-2-20-25-19-10-6-7-17(13-11-16-12-14-21(27)24-15-16)22(19)23(28)26(20)18-8-4-3-5-9-18/h3-10,12,14-15H,2H2,1H3,(H,24,27). The number of hydrogen-bond acceptors (Lipinski definition) is 3. The Bertz CT molecular complexity index is 1320. The van der Waals surface area contributed by atoms with E-state index in [9.17, 15) is 9.59 Å². The van der Waals surface area contributed by atoms with Crippen LogP contribution in [0.4, 0.5) is 0 Å². The van der Waals surface area contributed by atoms with Crippen LogP contribution in [0.25, 0.3) is 16.6 Å². The van der Waals surface area contributed by atoms with Crippen molar-refractivity contribution in [3.63, 3.8) is 0 Å². The first kappa shape index (κ1) is 17.5. The van der Waals surface area contributed by atoms with E-state index in [-0.39, 0.29) is 11.1 Å². The minimum atomic E-state index is -0.183. The highest BCUT2D eigenvalue weighted by Gasteiger charge is 2.13. The Hall–Kier alpha value is -3.91. The lowest BCUT2D eigenvalue weighted by Crippen LogP contribution is -2.24. The summed E-state index contributed by atoms with van der Waals surface area (Å²) in [6.07, 6.45) is 2.18. The van der Waals surface area contributed by atoms with Crippen molar-refractivity contribution in [1.82, 2.24) is 14.5 Å². The van der Waals surface area contributed by atoms with E-state index in [4.69, 9.17) is 4.98 Å². The zero-order chi connectivity index (χ0) is 19.5. The first-order chi connectivity index (χ1) is 13.7. The van der Waals surface area contributed by atoms with Crippen molar-refractivity contribution in [2.75, 3.05) is 0 Å². The third-order valence-corrected chi connectivity index (χ3v) is 4.42. The second-order valence-electron chi connectivity index (χ2n) is 6.25. The van der Waals surface area contributed by atoms with E-state index in [1.54, 1.807) is 16.8 Å². The van der Waals surface area contributed by atoms with Gasteiger partial charge in [-0.2, -0.15) is 0 Å². The average Bonchev–Trinajstić information content (AvgIpc) is 2.73. The van der Waals surface area contributed by atoms with Gasteiger partial charge in [0, 0.05) is 29.8 Å². The number of para-hydroxylation sites is 1. The summed E-state index contributed by atoms with van der Waals surface area (Å²) in [7, 11) is 0. The third kappa shape index (κ3) is 3.24. The highest BCUT2D eigenvalue weighted by Crippen LogP contribution is 2.16. The molecule has 0 fully saturated rings. The summed E-state index contributed by atoms with van der Waals surface area (Å²) in [5, 5.41) is 0.487. The van der Waals surface area contributed by atoms with Crippen molar-refractivity contribution < 1.29 is 0 Å². The number of aryl methyl sites for hydroxylation is 1. The van der Waals surface area contributed by atoms with Crippen molar-refractivity contribution in [2.24, 2.45) is 0 Å². The van der Waals surface area contributed by atoms with Crippen LogP contribution in [0.3, 0.4) is 0 Å². The first-order valence-electron chi connectivity index (χ1n) is 8.98. The molecular formula is C23H17N3O2. The number of fused-ring (bicyclic) bond motifs is 1. The first-order valence-corrected chi connectivity index (χ1v) is 8.98. The van der Waals surface area contributed by atoms with Crippen LogP contribution in [0.5, 0.6) is 0 Å². The van der Waals surface area contributed by atoms with Gasteiger partial charge in [0.1, 0.15) is 5.82 Å². The molecule has 2 aromatic heterocycles. The van der Waals surface area contributed by atoms with Crippen LogP contribution in [-0.4, -0.2) is 14.5 Å². The summed E-state index contributed by atoms with van der Waals surface area (Å²) in [6.45, 7) is 1.98. The summed E-state index contributed by atoms with van der Waals surface area (Å²) < 4.78 is 1.65. The zero-order valence-corrected chi connectivity index (χ0v) is 15.3. The molecule has 0 unspecified atom stereocenters. The summed E-state index contributed by atoms with van der Waals surface area (Å²) in [4.78, 5) is 31.9. The van der Waals surface area contributed by atoms with E-state index in [2.05, 4.69) is 16.8 Å². The number of pyridine rings is 1. The number of nitrogens with zero attached hydrogens (tertiary/aromatic N) is 2. The van der Waals surface area contributed by atoms with Crippen LogP contribution in [0, 0.1) is 11.8 Å². The van der Waals surface area contributed by atoms with Crippen LogP contribution in [0.15, 0.2) is 76.4 Å². The van der Waals surface area contributed by atoms with Gasteiger partial charge in [0.2, 0.25) is 5.56 Å². The molecule has 5 nitrogen and oxygen atoms in total. The largest absolute Gasteiger partial charge is 0.328 e. The maximum Gasteiger partial charge on any atom is 0.267 e. The number of aromatic amines is 1. The van der Waals surface area contributed by atoms with Gasteiger partial charge in [0.25, 0.3) is 5.56 Å². The summed E-state index contributed by atoms with van der Waals surface area (Å²) in [6, 6.07) is 18.0. The molecular weight excluding hydrogens is 350 g/mol. The SMILES string of the molecule is CCc1nc2cccc(C#Cc3ccc(=O)[nH]c3)c2c(=O)n1-c1ccccc1. The molecule has 0 aliphatic rings. The lowest BCUT2D eigenvalue weighted by atomic mass is 10.1. The van der Waals surface area contributed by atoms with Crippen LogP contribution in [-0.2, 0) is 6.42 Å². The normalized spacial score (nSPS) is 10.5. The fourth-order valence-corrected chi connectivity index (χ4v) is 3.09. The van der Waals surface area contributed by atoms with Crippen LogP contribution in [0.1, 0.15) is 23.9 Å². The quantitative estimate of drug-likeness (QED) is 0.554. The zero-order valence-electron chi connectivity index (χ0n) is 15.3. The van der Waals surface area contributed by atoms with Crippen LogP contribution < -0.4 is 11.1 Å². The van der Waals surface area contributed by atoms with Gasteiger partial charge in [-0.05, 0) is 30.3 Å². The van der Waals surface area contributed by atoms with Crippen LogP contribution >= 0.6 is 0 Å². The fraction of sp³-hybridized carbons (Fsp3) is 0.0870. The molecule has 0 bridgehead atoms. The van der Waals surface area contributed by atoms with Crippen molar-refractivity contribution in [2.45, 2.75) is 13.3 Å². The second-order valence-corrected chi connectivity index (χ2v) is 6.25. The molecule has 28 heavy (non-hydrogen) atoms. The van der Waals surface area contributed by atoms with Crippen molar-refractivity contribution in [3.05, 3.63) is 105 Å². The maximum atomic E-state index is 13.4. The topological polar surface area (TPSA) is 67.8 Å². The fourth-order valence-electron chi connectivity index (χ4n) is 3.09. The van der Waals surface area contributed by atoms with Crippen molar-refractivity contribution >= 4 is 10.9 Å². The van der Waals surface area contributed by atoms with Crippen molar-refractivity contribution in [1.29, 1.82) is 0 Å². The van der Waals surface area contributed by atoms with E-state index >= 15 is 0 Å². The van der Waals surface area contributed by atoms with E-state index < -0.39 is 0 Å². The van der Waals surface area contributed by atoms with Gasteiger partial charge in [-0.3, -0.25) is 14.2 Å². The Morgan fingerprint density at radius 2 is 1.79 bits per heavy atom. The number of rotatable bonds is 2. The Kier molecular flexibility index (Phi) is 4.61. The second kappa shape index (κ2) is 7.37. The molecule has 0 saturated carbocycles. The minimum absolute atomic E-state index is 0.139. The molecule has 5 heteroatoms. The lowest BCUT2D eigenvalue weighted by molar-refractivity contribution is 0.833. The number of hydrogen-bond donors (Lipinski definition) is 1. The number of benzene rings is 2. The van der Waals surface area contributed by atoms with Gasteiger partial charge < -0.3 is 4.98 Å². The molecule has 0 saturated heterocycles. The maximum absolute atomic E-state index is 13.4. The Morgan fingerprint density at radius 1 is 0.964 bits per heavy atom. The highest BCUT2D eigenvalue weighted by molar-refractivity contribution is 5.84. The lowest BCUT2D eigenvalue weighted by Gasteiger charge is -2.13. The molecule has 0 radical (unpaired) electrons. The molecule has 2 heterocycles. The van der Waals surface area contributed by atoms with Gasteiger partial charge in [-0.15, -0.1) is 0 Å². The molecule has 0 spiro atoms. The molecule has 0 atom stereocenters. The molecule has 4 rings (SSSR count). The van der Waals surface area contributed by atoms with Gasteiger partial charge in [0.15, 0.2) is 0 Å². The molecule has 4 aromatic rings. The van der Waals surface area contributed by atoms with Crippen LogP contribution in [0.2, 0.25) is 0 Å². The van der Waals surface area contributed by atoms with E-state index in [1.165, 1.54) is 6.07 Å². The van der Waals surface area contributed by atoms with E-state index in [0.717, 1.165) is 5.69 Å². The number of nitrogens with one attached hydrogen (secondary N) is 1. The molecule has 1 N–H and O–H groups in total. The highest BCUT2D eigenvalue weighted by atomic mass is 16.1. The minimum Gasteiger partial charge on any atom is -0.328 e. The van der Waals surface area contributed by atoms with Gasteiger partial charge in [0.05, 0.1) is 16.6 Å². The predicted molar refractivity (Wildman–Crippen MR) is 110 cm³/mol. The predicted octanol–water partition coefficient (Wildman–Crippen LogP) is 3.04. The molecule has 2 aromatic carbocycles. The smallest absolute Gasteiger partial charge is 0.267 e. The molecule has 136 valence electrons. The Labute approximate surface area is 161 Å². The average molecular weight is 367 g/mol. The van der Waals surface area contributed by atoms with Gasteiger partial charge in [-0.1, -0.05) is 43.0 Å². The summed E-state index contributed by atoms with van der Waals surface area (Å²) in [5.41, 5.74) is 2.35. The molecule has 0 aliphatic heterocycles. The molecule has 0 aliphatic carbocycles. The molecule has 0 amide bonds. The van der Waals surface area contributed by atoms with E-state index in [1.807, 2.05) is 55.5 Å². The monoisotopic (exact) mass is 367 g/mol. The Balaban J connectivity index is 1.96.